The zero-order chi connectivity index (χ0) is 13.9. The van der Waals surface area contributed by atoms with E-state index in [0.717, 1.165) is 37.8 Å². The van der Waals surface area contributed by atoms with Crippen molar-refractivity contribution in [2.75, 3.05) is 31.2 Å². The third-order valence-corrected chi connectivity index (χ3v) is 3.53. The van der Waals surface area contributed by atoms with Crippen LogP contribution in [0.4, 0.5) is 5.82 Å². The predicted molar refractivity (Wildman–Crippen MR) is 78.1 cm³/mol. The van der Waals surface area contributed by atoms with Crippen LogP contribution in [0.1, 0.15) is 13.8 Å². The molecule has 1 fully saturated rings. The second-order valence-corrected chi connectivity index (χ2v) is 5.40. The number of hydrogen-bond donors (Lipinski definition) is 1. The lowest BCUT2D eigenvalue weighted by Gasteiger charge is -2.37. The highest BCUT2D eigenvalue weighted by atomic mass is 16.5. The van der Waals surface area contributed by atoms with E-state index < -0.39 is 0 Å². The molecule has 1 aliphatic heterocycles. The molecular formula is C14H21N5O. The molecule has 2 aromatic heterocycles. The van der Waals surface area contributed by atoms with Gasteiger partial charge in [0.1, 0.15) is 5.82 Å². The zero-order valence-corrected chi connectivity index (χ0v) is 12.0. The lowest BCUT2D eigenvalue weighted by atomic mass is 10.2. The Morgan fingerprint density at radius 2 is 2.35 bits per heavy atom. The molecule has 3 heterocycles. The van der Waals surface area contributed by atoms with Gasteiger partial charge in [0.25, 0.3) is 0 Å². The van der Waals surface area contributed by atoms with Gasteiger partial charge in [-0.2, -0.15) is 5.10 Å². The fourth-order valence-electron chi connectivity index (χ4n) is 2.46. The van der Waals surface area contributed by atoms with Crippen LogP contribution in [0.25, 0.3) is 5.65 Å². The molecule has 20 heavy (non-hydrogen) atoms. The van der Waals surface area contributed by atoms with Crippen molar-refractivity contribution in [3.63, 3.8) is 0 Å². The van der Waals surface area contributed by atoms with Crippen LogP contribution >= 0.6 is 0 Å². The van der Waals surface area contributed by atoms with E-state index in [1.807, 2.05) is 18.3 Å². The molecule has 108 valence electrons. The van der Waals surface area contributed by atoms with Crippen molar-refractivity contribution in [1.82, 2.24) is 19.9 Å². The molecule has 3 rings (SSSR count). The van der Waals surface area contributed by atoms with E-state index in [1.165, 1.54) is 0 Å². The average molecular weight is 275 g/mol. The van der Waals surface area contributed by atoms with E-state index in [0.29, 0.717) is 12.1 Å². The van der Waals surface area contributed by atoms with Crippen LogP contribution in [-0.2, 0) is 4.74 Å². The van der Waals surface area contributed by atoms with E-state index in [4.69, 9.17) is 4.74 Å². The fourth-order valence-corrected chi connectivity index (χ4v) is 2.46. The molecule has 0 aliphatic carbocycles. The lowest BCUT2D eigenvalue weighted by Crippen LogP contribution is -2.51. The second-order valence-electron chi connectivity index (χ2n) is 5.40. The minimum Gasteiger partial charge on any atom is -0.377 e. The highest BCUT2D eigenvalue weighted by Gasteiger charge is 2.24. The van der Waals surface area contributed by atoms with Crippen LogP contribution in [0.15, 0.2) is 24.5 Å². The zero-order valence-electron chi connectivity index (χ0n) is 12.0. The van der Waals surface area contributed by atoms with Gasteiger partial charge in [-0.1, -0.05) is 13.8 Å². The number of aromatic nitrogens is 3. The summed E-state index contributed by atoms with van der Waals surface area (Å²) in [5.74, 6) is 0.997. The van der Waals surface area contributed by atoms with E-state index in [1.54, 1.807) is 10.7 Å². The summed E-state index contributed by atoms with van der Waals surface area (Å²) >= 11 is 0. The first kappa shape index (κ1) is 13.3. The topological polar surface area (TPSA) is 54.7 Å². The van der Waals surface area contributed by atoms with Gasteiger partial charge in [0, 0.05) is 31.4 Å². The normalized spacial score (nSPS) is 19.9. The summed E-state index contributed by atoms with van der Waals surface area (Å²) in [6, 6.07) is 4.74. The van der Waals surface area contributed by atoms with Gasteiger partial charge in [-0.15, -0.1) is 0 Å². The molecule has 0 bridgehead atoms. The standard InChI is InChI=1S/C14H21N5O/c1-11(2)15-9-12-10-20-8-7-18(12)13-4-6-19-14(17-13)3-5-16-19/h3-6,11-12,15H,7-10H2,1-2H3. The highest BCUT2D eigenvalue weighted by molar-refractivity contribution is 5.48. The molecule has 0 aromatic carbocycles. The van der Waals surface area contributed by atoms with Crippen molar-refractivity contribution in [2.45, 2.75) is 25.9 Å². The monoisotopic (exact) mass is 275 g/mol. The Labute approximate surface area is 118 Å². The average Bonchev–Trinajstić information content (AvgIpc) is 2.92. The number of ether oxygens (including phenoxy) is 1. The van der Waals surface area contributed by atoms with Gasteiger partial charge in [0.2, 0.25) is 0 Å². The third kappa shape index (κ3) is 2.76. The van der Waals surface area contributed by atoms with Crippen LogP contribution in [0, 0.1) is 0 Å². The van der Waals surface area contributed by atoms with Crippen molar-refractivity contribution < 1.29 is 4.74 Å². The molecule has 1 saturated heterocycles. The van der Waals surface area contributed by atoms with Gasteiger partial charge in [0.05, 0.1) is 25.5 Å². The van der Waals surface area contributed by atoms with Crippen LogP contribution < -0.4 is 10.2 Å². The van der Waals surface area contributed by atoms with E-state index in [-0.39, 0.29) is 0 Å². The maximum absolute atomic E-state index is 5.61. The molecule has 1 unspecified atom stereocenters. The Kier molecular flexibility index (Phi) is 3.84. The van der Waals surface area contributed by atoms with Crippen molar-refractivity contribution in [2.24, 2.45) is 0 Å². The maximum Gasteiger partial charge on any atom is 0.157 e. The van der Waals surface area contributed by atoms with Crippen molar-refractivity contribution in [1.29, 1.82) is 0 Å². The van der Waals surface area contributed by atoms with Gasteiger partial charge < -0.3 is 15.0 Å². The third-order valence-electron chi connectivity index (χ3n) is 3.53. The molecule has 0 amide bonds. The lowest BCUT2D eigenvalue weighted by molar-refractivity contribution is 0.0928. The van der Waals surface area contributed by atoms with Crippen molar-refractivity contribution >= 4 is 11.5 Å². The Morgan fingerprint density at radius 1 is 1.45 bits per heavy atom. The van der Waals surface area contributed by atoms with E-state index in [9.17, 15) is 0 Å². The van der Waals surface area contributed by atoms with Gasteiger partial charge >= 0.3 is 0 Å². The molecule has 6 heteroatoms. The predicted octanol–water partition coefficient (Wildman–Crippen LogP) is 0.932. The quantitative estimate of drug-likeness (QED) is 0.899. The highest BCUT2D eigenvalue weighted by Crippen LogP contribution is 2.17. The molecule has 2 aromatic rings. The first-order valence-corrected chi connectivity index (χ1v) is 7.12. The maximum atomic E-state index is 5.61. The largest absolute Gasteiger partial charge is 0.377 e. The second kappa shape index (κ2) is 5.76. The summed E-state index contributed by atoms with van der Waals surface area (Å²) in [6.07, 6.45) is 3.73. The van der Waals surface area contributed by atoms with E-state index in [2.05, 4.69) is 34.1 Å². The van der Waals surface area contributed by atoms with Gasteiger partial charge in [-0.05, 0) is 6.07 Å². The van der Waals surface area contributed by atoms with Crippen LogP contribution in [0.3, 0.4) is 0 Å². The minimum atomic E-state index is 0.323. The van der Waals surface area contributed by atoms with Crippen molar-refractivity contribution in [3.8, 4) is 0 Å². The Morgan fingerprint density at radius 3 is 3.20 bits per heavy atom. The molecule has 0 radical (unpaired) electrons. The van der Waals surface area contributed by atoms with Crippen LogP contribution in [-0.4, -0.2) is 53.0 Å². The number of hydrogen-bond acceptors (Lipinski definition) is 5. The molecule has 1 N–H and O–H groups in total. The number of rotatable bonds is 4. The first-order chi connectivity index (χ1) is 9.74. The molecule has 1 aliphatic rings. The Hall–Kier alpha value is -1.66. The molecular weight excluding hydrogens is 254 g/mol. The minimum absolute atomic E-state index is 0.323. The number of fused-ring (bicyclic) bond motifs is 1. The number of nitrogens with zero attached hydrogens (tertiary/aromatic N) is 4. The van der Waals surface area contributed by atoms with Crippen LogP contribution in [0.5, 0.6) is 0 Å². The fraction of sp³-hybridized carbons (Fsp3) is 0.571. The molecule has 0 spiro atoms. The summed E-state index contributed by atoms with van der Waals surface area (Å²) in [6.45, 7) is 7.59. The van der Waals surface area contributed by atoms with Gasteiger partial charge in [-0.3, -0.25) is 0 Å². The molecule has 1 atom stereocenters. The molecule has 0 saturated carbocycles. The molecule has 6 nitrogen and oxygen atoms in total. The summed E-state index contributed by atoms with van der Waals surface area (Å²) in [4.78, 5) is 7.00. The summed E-state index contributed by atoms with van der Waals surface area (Å²) in [7, 11) is 0. The smallest absolute Gasteiger partial charge is 0.157 e. The summed E-state index contributed by atoms with van der Waals surface area (Å²) in [5.41, 5.74) is 0.879. The van der Waals surface area contributed by atoms with Gasteiger partial charge in [0.15, 0.2) is 5.65 Å². The summed E-state index contributed by atoms with van der Waals surface area (Å²) in [5, 5.41) is 7.66. The number of nitrogens with one attached hydrogen (secondary N) is 1. The Bertz CT molecular complexity index is 567. The van der Waals surface area contributed by atoms with E-state index >= 15 is 0 Å². The number of morpholine rings is 1. The SMILES string of the molecule is CC(C)NCC1COCCN1c1ccn2nccc2n1. The number of anilines is 1. The summed E-state index contributed by atoms with van der Waals surface area (Å²) < 4.78 is 7.39. The van der Waals surface area contributed by atoms with Crippen molar-refractivity contribution in [3.05, 3.63) is 24.5 Å². The Balaban J connectivity index is 1.80. The van der Waals surface area contributed by atoms with Crippen LogP contribution in [0.2, 0.25) is 0 Å². The van der Waals surface area contributed by atoms with Gasteiger partial charge in [-0.25, -0.2) is 9.50 Å². The first-order valence-electron chi connectivity index (χ1n) is 7.12.